The van der Waals surface area contributed by atoms with Gasteiger partial charge in [-0.1, -0.05) is 13.3 Å². The van der Waals surface area contributed by atoms with Gasteiger partial charge < -0.3 is 40.2 Å². The molecule has 15 nitrogen and oxygen atoms in total. The number of nitro groups is 1. The zero-order chi connectivity index (χ0) is 34.0. The molecule has 1 atom stereocenters. The van der Waals surface area contributed by atoms with Crippen LogP contribution in [-0.2, 0) is 17.9 Å². The first-order valence-corrected chi connectivity index (χ1v) is 15.0. The van der Waals surface area contributed by atoms with E-state index in [4.69, 9.17) is 10.2 Å². The third-order valence-corrected chi connectivity index (χ3v) is 7.39. The van der Waals surface area contributed by atoms with Gasteiger partial charge >= 0.3 is 0 Å². The van der Waals surface area contributed by atoms with E-state index in [-0.39, 0.29) is 60.4 Å². The molecule has 0 radical (unpaired) electrons. The van der Waals surface area contributed by atoms with E-state index in [1.165, 1.54) is 23.8 Å². The van der Waals surface area contributed by atoms with Gasteiger partial charge in [-0.25, -0.2) is 0 Å². The monoisotopic (exact) mass is 637 g/mol. The molecule has 2 aromatic rings. The number of hydrogen-bond acceptors (Lipinski definition) is 10. The zero-order valence-corrected chi connectivity index (χ0v) is 26.3. The minimum Gasteiger partial charge on any atom is -0.503 e. The molecule has 15 heteroatoms. The Morgan fingerprint density at radius 1 is 0.867 bits per heavy atom. The van der Waals surface area contributed by atoms with E-state index in [0.29, 0.717) is 57.3 Å². The number of carbonyl (C=O) groups is 2. The molecule has 45 heavy (non-hydrogen) atoms. The minimum atomic E-state index is -1.11. The molecule has 0 aromatic carbocycles. The van der Waals surface area contributed by atoms with Crippen LogP contribution in [0, 0.1) is 17.0 Å². The summed E-state index contributed by atoms with van der Waals surface area (Å²) in [5, 5.41) is 54.3. The Morgan fingerprint density at radius 2 is 1.40 bits per heavy atom. The normalized spacial score (nSPS) is 12.0. The number of unbranched alkanes of at least 4 members (excludes halogenated alkanes) is 2. The van der Waals surface area contributed by atoms with Gasteiger partial charge in [0.1, 0.15) is 0 Å². The number of nitrogens with one attached hydrogen (secondary N) is 2. The lowest BCUT2D eigenvalue weighted by atomic mass is 9.83. The van der Waals surface area contributed by atoms with Gasteiger partial charge in [-0.15, -0.1) is 0 Å². The second kappa shape index (κ2) is 19.9. The van der Waals surface area contributed by atoms with Crippen LogP contribution in [0.3, 0.4) is 0 Å². The number of aliphatic hydroxyl groups excluding tert-OH is 2. The number of nitrogens with zero attached hydrogens (tertiary/aromatic N) is 3. The average molecular weight is 638 g/mol. The molecule has 1 unspecified atom stereocenters. The highest BCUT2D eigenvalue weighted by atomic mass is 16.6. The largest absolute Gasteiger partial charge is 0.503 e. The Labute approximate surface area is 261 Å². The molecule has 0 fully saturated rings. The number of amides is 2. The lowest BCUT2D eigenvalue weighted by Crippen LogP contribution is -2.40. The second-order valence-electron chi connectivity index (χ2n) is 10.7. The van der Waals surface area contributed by atoms with Gasteiger partial charge in [-0.05, 0) is 32.6 Å². The van der Waals surface area contributed by atoms with Gasteiger partial charge in [0.2, 0.25) is 22.3 Å². The van der Waals surface area contributed by atoms with E-state index in [9.17, 15) is 39.5 Å². The van der Waals surface area contributed by atoms with Crippen molar-refractivity contribution in [3.05, 3.63) is 66.5 Å². The Hall–Kier alpha value is -4.24. The maximum absolute atomic E-state index is 12.6. The number of aromatic nitrogens is 2. The molecule has 2 heterocycles. The molecule has 2 rings (SSSR count). The second-order valence-corrected chi connectivity index (χ2v) is 10.7. The van der Waals surface area contributed by atoms with Crippen LogP contribution in [0.2, 0.25) is 0 Å². The van der Waals surface area contributed by atoms with E-state index in [2.05, 4.69) is 10.6 Å². The molecule has 0 bridgehead atoms. The van der Waals surface area contributed by atoms with Crippen molar-refractivity contribution in [2.45, 2.75) is 90.8 Å². The number of rotatable bonds is 18. The highest BCUT2D eigenvalue weighted by Crippen LogP contribution is 2.30. The van der Waals surface area contributed by atoms with E-state index in [1.54, 1.807) is 17.7 Å². The van der Waals surface area contributed by atoms with Crippen molar-refractivity contribution in [3.63, 3.8) is 0 Å². The summed E-state index contributed by atoms with van der Waals surface area (Å²) in [6.07, 6.45) is 7.08. The summed E-state index contributed by atoms with van der Waals surface area (Å²) >= 11 is 0. The molecule has 0 spiro atoms. The summed E-state index contributed by atoms with van der Waals surface area (Å²) in [5.41, 5.74) is -1.97. The zero-order valence-electron chi connectivity index (χ0n) is 26.3. The van der Waals surface area contributed by atoms with E-state index in [0.717, 1.165) is 12.5 Å². The summed E-state index contributed by atoms with van der Waals surface area (Å²) < 4.78 is 2.90. The number of carbonyl (C=O) groups excluding carboxylic acids is 2. The SMILES string of the molecule is CCCCC(CCCCNC(C)=O)(CCCNC(=O)c1c(O)c(=O)ccn1CCO)[N+](=O)[O-].Cc1c(O)c(=O)ccn1CCO. The third-order valence-electron chi connectivity index (χ3n) is 7.39. The Morgan fingerprint density at radius 3 is 1.98 bits per heavy atom. The Bertz CT molecular complexity index is 1370. The lowest BCUT2D eigenvalue weighted by Gasteiger charge is -2.26. The molecule has 0 aliphatic heterocycles. The summed E-state index contributed by atoms with van der Waals surface area (Å²) in [4.78, 5) is 57.9. The molecule has 252 valence electrons. The minimum absolute atomic E-state index is 0.0108. The van der Waals surface area contributed by atoms with Crippen LogP contribution in [-0.4, -0.2) is 78.1 Å². The van der Waals surface area contributed by atoms with Crippen LogP contribution in [0.5, 0.6) is 11.5 Å². The summed E-state index contributed by atoms with van der Waals surface area (Å²) in [7, 11) is 0. The average Bonchev–Trinajstić information content (AvgIpc) is 3.00. The fourth-order valence-corrected chi connectivity index (χ4v) is 4.81. The quantitative estimate of drug-likeness (QED) is 0.0783. The number of aromatic hydroxyl groups is 2. The van der Waals surface area contributed by atoms with Crippen molar-refractivity contribution in [1.82, 2.24) is 19.8 Å². The van der Waals surface area contributed by atoms with Gasteiger partial charge in [0, 0.05) is 81.8 Å². The molecule has 0 saturated carbocycles. The Kier molecular flexibility index (Phi) is 17.2. The lowest BCUT2D eigenvalue weighted by molar-refractivity contribution is -0.574. The van der Waals surface area contributed by atoms with Crippen LogP contribution in [0.25, 0.3) is 0 Å². The molecule has 0 aliphatic rings. The fourth-order valence-electron chi connectivity index (χ4n) is 4.81. The van der Waals surface area contributed by atoms with Crippen molar-refractivity contribution in [2.24, 2.45) is 0 Å². The van der Waals surface area contributed by atoms with Gasteiger partial charge in [0.05, 0.1) is 18.9 Å². The van der Waals surface area contributed by atoms with Crippen molar-refractivity contribution in [2.75, 3.05) is 26.3 Å². The first kappa shape index (κ1) is 38.8. The fraction of sp³-hybridized carbons (Fsp3) is 0.600. The molecule has 6 N–H and O–H groups in total. The smallest absolute Gasteiger partial charge is 0.271 e. The number of hydrogen-bond donors (Lipinski definition) is 6. The van der Waals surface area contributed by atoms with Crippen LogP contribution in [0.1, 0.15) is 81.4 Å². The van der Waals surface area contributed by atoms with Crippen molar-refractivity contribution < 1.29 is 34.9 Å². The van der Waals surface area contributed by atoms with Crippen LogP contribution in [0.4, 0.5) is 0 Å². The van der Waals surface area contributed by atoms with Crippen molar-refractivity contribution >= 4 is 11.8 Å². The Balaban J connectivity index is 0.000000701. The van der Waals surface area contributed by atoms with Gasteiger partial charge in [-0.3, -0.25) is 29.3 Å². The van der Waals surface area contributed by atoms with Gasteiger partial charge in [0.25, 0.3) is 5.91 Å². The predicted octanol–water partition coefficient (Wildman–Crippen LogP) is 1.42. The van der Waals surface area contributed by atoms with Crippen molar-refractivity contribution in [1.29, 1.82) is 0 Å². The first-order chi connectivity index (χ1) is 21.3. The van der Waals surface area contributed by atoms with Gasteiger partial charge in [-0.2, -0.15) is 0 Å². The first-order valence-electron chi connectivity index (χ1n) is 15.0. The number of aliphatic hydroxyl groups is 2. The van der Waals surface area contributed by atoms with E-state index >= 15 is 0 Å². The van der Waals surface area contributed by atoms with Crippen LogP contribution >= 0.6 is 0 Å². The topological polar surface area (TPSA) is 226 Å². The molecule has 0 saturated heterocycles. The highest BCUT2D eigenvalue weighted by Gasteiger charge is 2.40. The molecule has 2 amide bonds. The standard InChI is InChI=1S/C22H36N4O7.C8H11NO3/c1-3-4-9-22(26(32)33,10-5-6-12-23-17(2)28)11-7-13-24-21(31)19-20(30)18(29)8-14-25(19)15-16-27;1-6-8(12)7(11)2-3-9(6)4-5-10/h8,14,27,30H,3-7,9-13,15-16H2,1-2H3,(H,23,28)(H,24,31);2-3,10,12H,4-5H2,1H3. The predicted molar refractivity (Wildman–Crippen MR) is 167 cm³/mol. The maximum Gasteiger partial charge on any atom is 0.271 e. The summed E-state index contributed by atoms with van der Waals surface area (Å²) in [5.74, 6) is -1.77. The molecule has 0 aliphatic carbocycles. The van der Waals surface area contributed by atoms with E-state index in [1.807, 2.05) is 6.92 Å². The van der Waals surface area contributed by atoms with Crippen molar-refractivity contribution in [3.8, 4) is 11.5 Å². The van der Waals surface area contributed by atoms with Crippen LogP contribution < -0.4 is 21.5 Å². The highest BCUT2D eigenvalue weighted by molar-refractivity contribution is 5.95. The van der Waals surface area contributed by atoms with Gasteiger partial charge in [0.15, 0.2) is 17.2 Å². The molecular formula is C30H47N5O10. The summed E-state index contributed by atoms with van der Waals surface area (Å²) in [6.45, 7) is 5.76. The number of pyridine rings is 2. The maximum atomic E-state index is 12.6. The molecular weight excluding hydrogens is 590 g/mol. The third kappa shape index (κ3) is 12.3. The molecule has 2 aromatic heterocycles. The summed E-state index contributed by atoms with van der Waals surface area (Å²) in [6, 6.07) is 2.38. The van der Waals surface area contributed by atoms with Crippen LogP contribution in [0.15, 0.2) is 34.1 Å². The van der Waals surface area contributed by atoms with E-state index < -0.39 is 22.6 Å².